The van der Waals surface area contributed by atoms with Crippen molar-refractivity contribution in [2.24, 2.45) is 11.3 Å². The fourth-order valence-corrected chi connectivity index (χ4v) is 6.82. The van der Waals surface area contributed by atoms with Crippen molar-refractivity contribution in [3.63, 3.8) is 0 Å². The quantitative estimate of drug-likeness (QED) is 0.479. The van der Waals surface area contributed by atoms with Crippen molar-refractivity contribution in [2.75, 3.05) is 18.0 Å². The predicted octanol–water partition coefficient (Wildman–Crippen LogP) is 4.62. The first kappa shape index (κ1) is 23.9. The van der Waals surface area contributed by atoms with Crippen LogP contribution in [-0.4, -0.2) is 54.9 Å². The molecule has 2 aromatic heterocycles. The lowest BCUT2D eigenvalue weighted by Gasteiger charge is -2.58. The van der Waals surface area contributed by atoms with Gasteiger partial charge >= 0.3 is 6.18 Å². The number of hydrogen-bond donors (Lipinski definition) is 0. The van der Waals surface area contributed by atoms with E-state index < -0.39 is 12.1 Å². The topological polar surface area (TPSA) is 86.8 Å². The standard InChI is InChI=1S/C26H24ClF3N8/c27-18-1-2-21-15(5-18)11-36(20-6-17(7-20)26(28,29)30)12-22-34-35-23(38(21)22)16-8-25(9-16)13-37(14-25)24-32-4-3-19(10-31)33-24/h1-5,16-17,20H,6-9,11-14H2. The summed E-state index contributed by atoms with van der Waals surface area (Å²) in [5.41, 5.74) is 2.46. The van der Waals surface area contributed by atoms with Gasteiger partial charge in [0.25, 0.3) is 0 Å². The average Bonchev–Trinajstić information content (AvgIpc) is 3.11. The highest BCUT2D eigenvalue weighted by atomic mass is 35.5. The third kappa shape index (κ3) is 3.84. The molecule has 0 N–H and O–H groups in total. The molecule has 0 amide bonds. The molecule has 2 saturated carbocycles. The van der Waals surface area contributed by atoms with Crippen LogP contribution in [-0.2, 0) is 13.1 Å². The third-order valence-corrected chi connectivity index (χ3v) is 8.90. The van der Waals surface area contributed by atoms with Gasteiger partial charge in [-0.1, -0.05) is 11.6 Å². The average molecular weight is 541 g/mol. The molecule has 12 heteroatoms. The number of rotatable bonds is 3. The lowest BCUT2D eigenvalue weighted by Crippen LogP contribution is -2.62. The lowest BCUT2D eigenvalue weighted by atomic mass is 9.57. The number of nitrogens with zero attached hydrogens (tertiary/aromatic N) is 8. The highest BCUT2D eigenvalue weighted by Crippen LogP contribution is 2.56. The molecule has 3 aromatic rings. The molecule has 4 heterocycles. The van der Waals surface area contributed by atoms with Crippen molar-refractivity contribution in [3.8, 4) is 11.8 Å². The van der Waals surface area contributed by atoms with Crippen LogP contribution in [0.1, 0.15) is 54.5 Å². The van der Waals surface area contributed by atoms with Gasteiger partial charge in [-0.25, -0.2) is 9.97 Å². The second-order valence-corrected chi connectivity index (χ2v) is 11.6. The normalized spacial score (nSPS) is 24.4. The van der Waals surface area contributed by atoms with Crippen molar-refractivity contribution in [1.29, 1.82) is 5.26 Å². The maximum absolute atomic E-state index is 13.2. The fourth-order valence-electron chi connectivity index (χ4n) is 6.62. The molecule has 1 saturated heterocycles. The molecule has 2 aliphatic carbocycles. The van der Waals surface area contributed by atoms with Gasteiger partial charge in [-0.2, -0.15) is 18.4 Å². The SMILES string of the molecule is N#Cc1ccnc(N2CC3(CC(c4nnc5n4-c4ccc(Cl)cc4CN(C4CC(C(F)(F)F)C4)C5)C3)C2)n1. The first-order chi connectivity index (χ1) is 18.2. The van der Waals surface area contributed by atoms with Crippen molar-refractivity contribution >= 4 is 17.5 Å². The molecule has 0 unspecified atom stereocenters. The molecule has 0 radical (unpaired) electrons. The van der Waals surface area contributed by atoms with Crippen LogP contribution < -0.4 is 4.90 Å². The summed E-state index contributed by atoms with van der Waals surface area (Å²) in [7, 11) is 0. The Bertz CT molecular complexity index is 1440. The number of hydrogen-bond acceptors (Lipinski definition) is 7. The molecule has 0 bridgehead atoms. The summed E-state index contributed by atoms with van der Waals surface area (Å²) >= 11 is 6.34. The van der Waals surface area contributed by atoms with Crippen LogP contribution in [0.3, 0.4) is 0 Å². The van der Waals surface area contributed by atoms with E-state index >= 15 is 0 Å². The van der Waals surface area contributed by atoms with Crippen LogP contribution in [0.4, 0.5) is 19.1 Å². The van der Waals surface area contributed by atoms with Gasteiger partial charge in [-0.15, -0.1) is 10.2 Å². The highest BCUT2D eigenvalue weighted by molar-refractivity contribution is 6.30. The van der Waals surface area contributed by atoms with Gasteiger partial charge in [0.1, 0.15) is 17.6 Å². The molecule has 0 atom stereocenters. The molecule has 1 spiro atoms. The minimum atomic E-state index is -4.14. The van der Waals surface area contributed by atoms with Crippen molar-refractivity contribution in [2.45, 2.75) is 56.9 Å². The van der Waals surface area contributed by atoms with E-state index in [1.165, 1.54) is 0 Å². The second kappa shape index (κ2) is 8.38. The maximum atomic E-state index is 13.2. The summed E-state index contributed by atoms with van der Waals surface area (Å²) in [6.07, 6.45) is -0.379. The van der Waals surface area contributed by atoms with E-state index in [0.29, 0.717) is 29.8 Å². The molecular formula is C26H24ClF3N8. The first-order valence-corrected chi connectivity index (χ1v) is 13.1. The zero-order chi connectivity index (χ0) is 26.2. The van der Waals surface area contributed by atoms with Crippen LogP contribution in [0.5, 0.6) is 0 Å². The first-order valence-electron chi connectivity index (χ1n) is 12.7. The van der Waals surface area contributed by atoms with Gasteiger partial charge in [-0.3, -0.25) is 9.47 Å². The van der Waals surface area contributed by atoms with Crippen molar-refractivity contribution < 1.29 is 13.2 Å². The van der Waals surface area contributed by atoms with Gasteiger partial charge in [0.2, 0.25) is 5.95 Å². The van der Waals surface area contributed by atoms with Crippen LogP contribution in [0.2, 0.25) is 5.02 Å². The Kier molecular flexibility index (Phi) is 5.26. The number of alkyl halides is 3. The number of benzene rings is 1. The van der Waals surface area contributed by atoms with E-state index in [1.807, 2.05) is 18.2 Å². The van der Waals surface area contributed by atoms with Gasteiger partial charge in [0, 0.05) is 48.2 Å². The monoisotopic (exact) mass is 540 g/mol. The van der Waals surface area contributed by atoms with Crippen molar-refractivity contribution in [3.05, 3.63) is 58.4 Å². The molecule has 7 rings (SSSR count). The number of nitriles is 1. The van der Waals surface area contributed by atoms with Crippen LogP contribution >= 0.6 is 11.6 Å². The second-order valence-electron chi connectivity index (χ2n) is 11.2. The Hall–Kier alpha value is -3.23. The summed E-state index contributed by atoms with van der Waals surface area (Å²) in [5.74, 6) is 1.25. The Morgan fingerprint density at radius 2 is 1.87 bits per heavy atom. The summed E-state index contributed by atoms with van der Waals surface area (Å²) in [6, 6.07) is 9.23. The van der Waals surface area contributed by atoms with E-state index in [4.69, 9.17) is 16.9 Å². The van der Waals surface area contributed by atoms with E-state index in [0.717, 1.165) is 48.8 Å². The largest absolute Gasteiger partial charge is 0.391 e. The van der Waals surface area contributed by atoms with Crippen LogP contribution in [0.15, 0.2) is 30.5 Å². The number of halogens is 4. The van der Waals surface area contributed by atoms with E-state index in [-0.39, 0.29) is 30.2 Å². The van der Waals surface area contributed by atoms with E-state index in [1.54, 1.807) is 12.3 Å². The zero-order valence-corrected chi connectivity index (χ0v) is 21.1. The molecule has 3 fully saturated rings. The molecule has 4 aliphatic rings. The number of anilines is 1. The molecule has 38 heavy (non-hydrogen) atoms. The maximum Gasteiger partial charge on any atom is 0.391 e. The van der Waals surface area contributed by atoms with Gasteiger partial charge in [0.15, 0.2) is 5.82 Å². The number of aromatic nitrogens is 5. The Morgan fingerprint density at radius 1 is 1.08 bits per heavy atom. The Labute approximate surface area is 222 Å². The van der Waals surface area contributed by atoms with Gasteiger partial charge in [0.05, 0.1) is 18.2 Å². The Morgan fingerprint density at radius 3 is 2.61 bits per heavy atom. The lowest BCUT2D eigenvalue weighted by molar-refractivity contribution is -0.207. The molecule has 1 aromatic carbocycles. The summed E-state index contributed by atoms with van der Waals surface area (Å²) in [4.78, 5) is 12.8. The molecule has 2 aliphatic heterocycles. The van der Waals surface area contributed by atoms with Crippen LogP contribution in [0.25, 0.3) is 5.69 Å². The molecule has 8 nitrogen and oxygen atoms in total. The third-order valence-electron chi connectivity index (χ3n) is 8.66. The molecule has 196 valence electrons. The van der Waals surface area contributed by atoms with E-state index in [9.17, 15) is 13.2 Å². The summed E-state index contributed by atoms with van der Waals surface area (Å²) in [6.45, 7) is 2.65. The van der Waals surface area contributed by atoms with Crippen molar-refractivity contribution in [1.82, 2.24) is 29.6 Å². The van der Waals surface area contributed by atoms with E-state index in [2.05, 4.69) is 40.6 Å². The zero-order valence-electron chi connectivity index (χ0n) is 20.4. The minimum absolute atomic E-state index is 0.114. The van der Waals surface area contributed by atoms with Crippen LogP contribution in [0, 0.1) is 22.7 Å². The Balaban J connectivity index is 1.10. The summed E-state index contributed by atoms with van der Waals surface area (Å²) in [5, 5.41) is 18.8. The fraction of sp³-hybridized carbons (Fsp3) is 0.500. The summed E-state index contributed by atoms with van der Waals surface area (Å²) < 4.78 is 41.6. The predicted molar refractivity (Wildman–Crippen MR) is 132 cm³/mol. The minimum Gasteiger partial charge on any atom is -0.340 e. The van der Waals surface area contributed by atoms with Gasteiger partial charge < -0.3 is 4.90 Å². The molecular weight excluding hydrogens is 517 g/mol. The highest BCUT2D eigenvalue weighted by Gasteiger charge is 2.55. The van der Waals surface area contributed by atoms with Gasteiger partial charge in [-0.05, 0) is 55.5 Å². The number of fused-ring (bicyclic) bond motifs is 3. The smallest absolute Gasteiger partial charge is 0.340 e.